The summed E-state index contributed by atoms with van der Waals surface area (Å²) in [6.07, 6.45) is -0.276. The summed E-state index contributed by atoms with van der Waals surface area (Å²) in [5.41, 5.74) is 14.7. The number of aliphatic imine (C=N–C) groups is 2. The van der Waals surface area contributed by atoms with Crippen molar-refractivity contribution in [2.75, 3.05) is 0 Å². The molecule has 1 unspecified atom stereocenters. The monoisotopic (exact) mass is 793 g/mol. The third-order valence-corrected chi connectivity index (χ3v) is 12.2. The molecule has 2 aromatic heterocycles. The maximum atomic E-state index is 5.14. The minimum absolute atomic E-state index is 0.276. The normalized spacial score (nSPS) is 14.0. The summed E-state index contributed by atoms with van der Waals surface area (Å²) >= 11 is 0. The van der Waals surface area contributed by atoms with Gasteiger partial charge in [-0.25, -0.2) is 9.98 Å². The Morgan fingerprint density at radius 2 is 0.903 bits per heavy atom. The summed E-state index contributed by atoms with van der Waals surface area (Å²) in [7, 11) is 0. The topological polar surface area (TPSA) is 46.6 Å². The molecule has 1 aliphatic rings. The second-order valence-electron chi connectivity index (χ2n) is 15.8. The van der Waals surface area contributed by atoms with Gasteiger partial charge in [-0.15, -0.1) is 0 Å². The van der Waals surface area contributed by atoms with Gasteiger partial charge in [-0.1, -0.05) is 158 Å². The Morgan fingerprint density at radius 1 is 0.371 bits per heavy atom. The van der Waals surface area contributed by atoms with Gasteiger partial charge in [-0.2, -0.15) is 0 Å². The van der Waals surface area contributed by atoms with Gasteiger partial charge in [0.2, 0.25) is 0 Å². The number of benzene rings is 9. The lowest BCUT2D eigenvalue weighted by molar-refractivity contribution is 0.674. The Labute approximate surface area is 359 Å². The van der Waals surface area contributed by atoms with Crippen molar-refractivity contribution in [3.63, 3.8) is 0 Å². The smallest absolute Gasteiger partial charge is 0.159 e. The summed E-state index contributed by atoms with van der Waals surface area (Å²) in [6, 6.07) is 80.0. The van der Waals surface area contributed by atoms with E-state index in [1.807, 2.05) is 24.3 Å². The van der Waals surface area contributed by atoms with Crippen molar-refractivity contribution >= 4 is 55.3 Å². The molecule has 292 valence electrons. The van der Waals surface area contributed by atoms with Crippen molar-refractivity contribution in [2.45, 2.75) is 6.17 Å². The van der Waals surface area contributed by atoms with Gasteiger partial charge in [0.25, 0.3) is 0 Å². The highest BCUT2D eigenvalue weighted by Crippen LogP contribution is 2.42. The van der Waals surface area contributed by atoms with Crippen LogP contribution in [0.15, 0.2) is 234 Å². The van der Waals surface area contributed by atoms with Gasteiger partial charge in [-0.05, 0) is 94.5 Å². The van der Waals surface area contributed by atoms with Crippen molar-refractivity contribution < 1.29 is 0 Å². The minimum Gasteiger partial charge on any atom is -0.344 e. The third kappa shape index (κ3) is 6.02. The van der Waals surface area contributed by atoms with Crippen LogP contribution in [0.4, 0.5) is 0 Å². The molecule has 0 amide bonds. The fraction of sp³-hybridized carbons (Fsp3) is 0.0175. The Balaban J connectivity index is 1.03. The van der Waals surface area contributed by atoms with E-state index in [2.05, 4.69) is 215 Å². The van der Waals surface area contributed by atoms with E-state index in [-0.39, 0.29) is 6.17 Å². The molecule has 0 saturated heterocycles. The van der Waals surface area contributed by atoms with Crippen LogP contribution in [0.1, 0.15) is 22.9 Å². The largest absolute Gasteiger partial charge is 0.344 e. The zero-order valence-electron chi connectivity index (χ0n) is 33.7. The number of amidine groups is 2. The second kappa shape index (κ2) is 14.8. The molecular formula is C57H39N5. The van der Waals surface area contributed by atoms with Gasteiger partial charge in [0.1, 0.15) is 12.0 Å². The molecule has 0 aliphatic carbocycles. The van der Waals surface area contributed by atoms with E-state index < -0.39 is 0 Å². The predicted molar refractivity (Wildman–Crippen MR) is 258 cm³/mol. The van der Waals surface area contributed by atoms with E-state index in [1.54, 1.807) is 0 Å². The number of hydrogen-bond acceptors (Lipinski definition) is 3. The summed E-state index contributed by atoms with van der Waals surface area (Å²) < 4.78 is 4.77. The highest BCUT2D eigenvalue weighted by molar-refractivity contribution is 6.18. The Bertz CT molecular complexity index is 3530. The van der Waals surface area contributed by atoms with Crippen LogP contribution < -0.4 is 5.32 Å². The van der Waals surface area contributed by atoms with Gasteiger partial charge in [-0.3, -0.25) is 0 Å². The first-order chi connectivity index (χ1) is 30.7. The van der Waals surface area contributed by atoms with Crippen LogP contribution in [0.5, 0.6) is 0 Å². The lowest BCUT2D eigenvalue weighted by Gasteiger charge is -2.24. The summed E-state index contributed by atoms with van der Waals surface area (Å²) in [5, 5.41) is 8.56. The first-order valence-electron chi connectivity index (χ1n) is 21.1. The van der Waals surface area contributed by atoms with Crippen molar-refractivity contribution in [3.05, 3.63) is 241 Å². The molecule has 62 heavy (non-hydrogen) atoms. The maximum absolute atomic E-state index is 5.14. The molecule has 9 aromatic carbocycles. The van der Waals surface area contributed by atoms with Crippen LogP contribution in [-0.4, -0.2) is 20.8 Å². The van der Waals surface area contributed by atoms with Crippen LogP contribution in [0.25, 0.3) is 77.2 Å². The molecule has 5 heteroatoms. The van der Waals surface area contributed by atoms with Crippen molar-refractivity contribution in [1.29, 1.82) is 0 Å². The molecular weight excluding hydrogens is 755 g/mol. The summed E-state index contributed by atoms with van der Waals surface area (Å²) in [6.45, 7) is 0. The Morgan fingerprint density at radius 3 is 1.63 bits per heavy atom. The lowest BCUT2D eigenvalue weighted by Crippen LogP contribution is -2.33. The van der Waals surface area contributed by atoms with Crippen LogP contribution >= 0.6 is 0 Å². The number of nitrogens with one attached hydrogen (secondary N) is 1. The molecule has 1 N–H and O–H groups in total. The third-order valence-electron chi connectivity index (χ3n) is 12.2. The standard InChI is InChI=1S/C57H39N5/c1-5-17-38(18-6-1)55-58-56(39-19-7-2-8-20-39)60-57(59-55)43-22-15-21-42(35-43)46-28-16-30-53-54(46)49-37-41(32-34-52(49)62(53)45-25-11-4-12-26-45)40-31-33-51-48(36-40)47-27-13-14-29-50(47)61(51)44-23-9-3-10-24-44/h1-37,55H,(H,58,59,60). The van der Waals surface area contributed by atoms with Crippen molar-refractivity contribution in [3.8, 4) is 33.6 Å². The first-order valence-corrected chi connectivity index (χ1v) is 21.1. The summed E-state index contributed by atoms with van der Waals surface area (Å²) in [5.74, 6) is 1.50. The molecule has 11 aromatic rings. The van der Waals surface area contributed by atoms with E-state index in [9.17, 15) is 0 Å². The van der Waals surface area contributed by atoms with E-state index >= 15 is 0 Å². The molecule has 1 atom stereocenters. The zero-order valence-corrected chi connectivity index (χ0v) is 33.7. The average molecular weight is 794 g/mol. The average Bonchev–Trinajstić information content (AvgIpc) is 3.87. The summed E-state index contributed by atoms with van der Waals surface area (Å²) in [4.78, 5) is 10.2. The number of fused-ring (bicyclic) bond motifs is 6. The molecule has 0 fully saturated rings. The fourth-order valence-electron chi connectivity index (χ4n) is 9.31. The van der Waals surface area contributed by atoms with Crippen molar-refractivity contribution in [1.82, 2.24) is 14.5 Å². The molecule has 0 saturated carbocycles. The molecule has 1 aliphatic heterocycles. The second-order valence-corrected chi connectivity index (χ2v) is 15.8. The molecule has 12 rings (SSSR count). The molecule has 0 radical (unpaired) electrons. The molecule has 3 heterocycles. The number of aromatic nitrogens is 2. The number of hydrogen-bond donors (Lipinski definition) is 1. The molecule has 0 spiro atoms. The van der Waals surface area contributed by atoms with Crippen LogP contribution in [0.2, 0.25) is 0 Å². The first kappa shape index (κ1) is 35.6. The van der Waals surface area contributed by atoms with E-state index in [4.69, 9.17) is 9.98 Å². The Hall–Kier alpha value is -8.28. The fourth-order valence-corrected chi connectivity index (χ4v) is 9.31. The SMILES string of the molecule is c1ccc(C2=NC(c3ccccc3)NC(c3cccc(-c4cccc5c4c4cc(-c6ccc7c(c6)c6ccccc6n7-c6ccccc6)ccc4n5-c4ccccc4)c3)=N2)cc1. The van der Waals surface area contributed by atoms with E-state index in [1.165, 1.54) is 43.7 Å². The minimum atomic E-state index is -0.276. The zero-order chi connectivity index (χ0) is 41.0. The molecule has 5 nitrogen and oxygen atoms in total. The highest BCUT2D eigenvalue weighted by atomic mass is 15.2. The Kier molecular flexibility index (Phi) is 8.49. The van der Waals surface area contributed by atoms with Gasteiger partial charge in [0.05, 0.1) is 22.1 Å². The van der Waals surface area contributed by atoms with Crippen molar-refractivity contribution in [2.24, 2.45) is 9.98 Å². The van der Waals surface area contributed by atoms with Gasteiger partial charge in [0.15, 0.2) is 5.84 Å². The number of nitrogens with zero attached hydrogens (tertiary/aromatic N) is 4. The van der Waals surface area contributed by atoms with Gasteiger partial charge >= 0.3 is 0 Å². The maximum Gasteiger partial charge on any atom is 0.159 e. The predicted octanol–water partition coefficient (Wildman–Crippen LogP) is 13.7. The van der Waals surface area contributed by atoms with Crippen LogP contribution in [-0.2, 0) is 0 Å². The lowest BCUT2D eigenvalue weighted by atomic mass is 9.96. The quantitative estimate of drug-likeness (QED) is 0.172. The molecule has 0 bridgehead atoms. The van der Waals surface area contributed by atoms with E-state index in [0.717, 1.165) is 56.1 Å². The van der Waals surface area contributed by atoms with E-state index in [0.29, 0.717) is 5.84 Å². The van der Waals surface area contributed by atoms with Gasteiger partial charge < -0.3 is 14.5 Å². The van der Waals surface area contributed by atoms with Crippen LogP contribution in [0, 0.1) is 0 Å². The highest BCUT2D eigenvalue weighted by Gasteiger charge is 2.23. The van der Waals surface area contributed by atoms with Crippen LogP contribution in [0.3, 0.4) is 0 Å². The number of para-hydroxylation sites is 3. The number of rotatable bonds is 7. The van der Waals surface area contributed by atoms with Gasteiger partial charge in [0, 0.05) is 44.0 Å².